The van der Waals surface area contributed by atoms with E-state index in [-0.39, 0.29) is 5.91 Å². The Kier molecular flexibility index (Phi) is 6.19. The van der Waals surface area contributed by atoms with Crippen LogP contribution < -0.4 is 4.74 Å². The molecular weight excluding hydrogens is 370 g/mol. The van der Waals surface area contributed by atoms with E-state index in [4.69, 9.17) is 4.74 Å². The predicted molar refractivity (Wildman–Crippen MR) is 113 cm³/mol. The van der Waals surface area contributed by atoms with Crippen molar-refractivity contribution in [2.75, 3.05) is 7.05 Å². The molecule has 0 aliphatic heterocycles. The summed E-state index contributed by atoms with van der Waals surface area (Å²) in [6.07, 6.45) is 0. The van der Waals surface area contributed by atoms with Gasteiger partial charge in [0, 0.05) is 37.0 Å². The maximum Gasteiger partial charge on any atom is 0.263 e. The first kappa shape index (κ1) is 20.1. The zero-order valence-corrected chi connectivity index (χ0v) is 18.0. The molecule has 6 heteroatoms. The summed E-state index contributed by atoms with van der Waals surface area (Å²) in [5.74, 6) is 0.866. The van der Waals surface area contributed by atoms with Gasteiger partial charge >= 0.3 is 0 Å². The normalized spacial score (nSPS) is 10.9. The number of hydrogen-bond donors (Lipinski definition) is 0. The topological polar surface area (TPSA) is 47.4 Å². The van der Waals surface area contributed by atoms with Gasteiger partial charge in [0.05, 0.1) is 10.6 Å². The highest BCUT2D eigenvalue weighted by molar-refractivity contribution is 7.12. The molecule has 0 saturated heterocycles. The van der Waals surface area contributed by atoms with E-state index in [2.05, 4.69) is 18.9 Å². The first-order valence-corrected chi connectivity index (χ1v) is 10.3. The Morgan fingerprint density at radius 3 is 2.71 bits per heavy atom. The average molecular weight is 398 g/mol. The second-order valence-electron chi connectivity index (χ2n) is 7.05. The molecule has 2 heterocycles. The highest BCUT2D eigenvalue weighted by Crippen LogP contribution is 2.21. The van der Waals surface area contributed by atoms with Gasteiger partial charge in [-0.1, -0.05) is 12.1 Å². The van der Waals surface area contributed by atoms with Crippen LogP contribution in [0, 0.1) is 20.8 Å². The van der Waals surface area contributed by atoms with E-state index in [1.165, 1.54) is 11.3 Å². The number of ether oxygens (including phenoxy) is 1. The summed E-state index contributed by atoms with van der Waals surface area (Å²) in [4.78, 5) is 15.3. The summed E-state index contributed by atoms with van der Waals surface area (Å²) in [5, 5.41) is 6.53. The predicted octanol–water partition coefficient (Wildman–Crippen LogP) is 4.74. The standard InChI is InChI=1S/C22H27N3O2S/c1-6-25-17(4)20(16(3)23-25)12-24(5)22(26)21-11-18(14-28-21)13-27-19-9-7-8-15(2)10-19/h7-11,14H,6,12-13H2,1-5H3. The number of carbonyl (C=O) groups is 1. The van der Waals surface area contributed by atoms with Crippen LogP contribution >= 0.6 is 11.3 Å². The number of aryl methyl sites for hydroxylation is 3. The number of carbonyl (C=O) groups excluding carboxylic acids is 1. The lowest BCUT2D eigenvalue weighted by Crippen LogP contribution is -2.26. The molecule has 0 radical (unpaired) electrons. The van der Waals surface area contributed by atoms with Gasteiger partial charge in [-0.2, -0.15) is 5.10 Å². The lowest BCUT2D eigenvalue weighted by atomic mass is 10.2. The van der Waals surface area contributed by atoms with Crippen molar-refractivity contribution in [2.24, 2.45) is 0 Å². The van der Waals surface area contributed by atoms with Gasteiger partial charge in [0.15, 0.2) is 0 Å². The smallest absolute Gasteiger partial charge is 0.263 e. The Hall–Kier alpha value is -2.60. The number of amides is 1. The van der Waals surface area contributed by atoms with Crippen LogP contribution in [0.3, 0.4) is 0 Å². The second kappa shape index (κ2) is 8.61. The van der Waals surface area contributed by atoms with Crippen molar-refractivity contribution in [1.29, 1.82) is 0 Å². The second-order valence-corrected chi connectivity index (χ2v) is 7.96. The van der Waals surface area contributed by atoms with Gasteiger partial charge in [0.25, 0.3) is 5.91 Å². The van der Waals surface area contributed by atoms with Crippen LogP contribution in [0.2, 0.25) is 0 Å². The van der Waals surface area contributed by atoms with Crippen molar-refractivity contribution in [2.45, 2.75) is 47.4 Å². The SMILES string of the molecule is CCn1nc(C)c(CN(C)C(=O)c2cc(COc3cccc(C)c3)cs2)c1C. The molecule has 0 N–H and O–H groups in total. The van der Waals surface area contributed by atoms with Crippen LogP contribution in [-0.2, 0) is 19.7 Å². The molecule has 5 nitrogen and oxygen atoms in total. The van der Waals surface area contributed by atoms with E-state index in [0.717, 1.165) is 45.2 Å². The third-order valence-corrected chi connectivity index (χ3v) is 5.80. The summed E-state index contributed by atoms with van der Waals surface area (Å²) in [6, 6.07) is 9.90. The van der Waals surface area contributed by atoms with Crippen LogP contribution in [0.5, 0.6) is 5.75 Å². The van der Waals surface area contributed by atoms with Crippen molar-refractivity contribution in [3.63, 3.8) is 0 Å². The number of aromatic nitrogens is 2. The van der Waals surface area contributed by atoms with Crippen LogP contribution in [0.4, 0.5) is 0 Å². The first-order chi connectivity index (χ1) is 13.4. The largest absolute Gasteiger partial charge is 0.489 e. The van der Waals surface area contributed by atoms with Crippen LogP contribution in [0.15, 0.2) is 35.7 Å². The third kappa shape index (κ3) is 4.44. The molecular formula is C22H27N3O2S. The summed E-state index contributed by atoms with van der Waals surface area (Å²) >= 11 is 1.46. The molecule has 148 valence electrons. The van der Waals surface area contributed by atoms with Crippen molar-refractivity contribution in [1.82, 2.24) is 14.7 Å². The van der Waals surface area contributed by atoms with Gasteiger partial charge in [-0.15, -0.1) is 11.3 Å². The Balaban J connectivity index is 1.64. The number of nitrogens with zero attached hydrogens (tertiary/aromatic N) is 3. The fraction of sp³-hybridized carbons (Fsp3) is 0.364. The zero-order chi connectivity index (χ0) is 20.3. The molecule has 2 aromatic heterocycles. The van der Waals surface area contributed by atoms with Gasteiger partial charge in [-0.3, -0.25) is 9.48 Å². The van der Waals surface area contributed by atoms with E-state index >= 15 is 0 Å². The minimum Gasteiger partial charge on any atom is -0.489 e. The maximum absolute atomic E-state index is 12.8. The van der Waals surface area contributed by atoms with Crippen LogP contribution in [0.25, 0.3) is 0 Å². The summed E-state index contributed by atoms with van der Waals surface area (Å²) < 4.78 is 7.82. The first-order valence-electron chi connectivity index (χ1n) is 9.44. The molecule has 0 atom stereocenters. The summed E-state index contributed by atoms with van der Waals surface area (Å²) in [6.45, 7) is 10.0. The zero-order valence-electron chi connectivity index (χ0n) is 17.2. The Morgan fingerprint density at radius 1 is 1.25 bits per heavy atom. The van der Waals surface area contributed by atoms with Crippen molar-refractivity contribution < 1.29 is 9.53 Å². The highest BCUT2D eigenvalue weighted by atomic mass is 32.1. The molecule has 0 saturated carbocycles. The molecule has 0 aliphatic carbocycles. The maximum atomic E-state index is 12.8. The van der Waals surface area contributed by atoms with Gasteiger partial charge in [0.2, 0.25) is 0 Å². The monoisotopic (exact) mass is 397 g/mol. The van der Waals surface area contributed by atoms with E-state index in [0.29, 0.717) is 13.2 Å². The van der Waals surface area contributed by atoms with E-state index in [1.54, 1.807) is 4.90 Å². The number of rotatable bonds is 7. The van der Waals surface area contributed by atoms with Crippen molar-refractivity contribution >= 4 is 17.2 Å². The van der Waals surface area contributed by atoms with Crippen LogP contribution in [-0.4, -0.2) is 27.6 Å². The molecule has 28 heavy (non-hydrogen) atoms. The highest BCUT2D eigenvalue weighted by Gasteiger charge is 2.18. The Bertz CT molecular complexity index is 974. The number of hydrogen-bond acceptors (Lipinski definition) is 4. The lowest BCUT2D eigenvalue weighted by molar-refractivity contribution is 0.0789. The molecule has 0 spiro atoms. The van der Waals surface area contributed by atoms with E-state index < -0.39 is 0 Å². The minimum atomic E-state index is 0.0230. The minimum absolute atomic E-state index is 0.0230. The molecule has 0 unspecified atom stereocenters. The third-order valence-electron chi connectivity index (χ3n) is 4.83. The van der Waals surface area contributed by atoms with E-state index in [9.17, 15) is 4.79 Å². The fourth-order valence-corrected chi connectivity index (χ4v) is 4.09. The lowest BCUT2D eigenvalue weighted by Gasteiger charge is -2.16. The number of benzene rings is 1. The van der Waals surface area contributed by atoms with E-state index in [1.807, 2.05) is 61.3 Å². The summed E-state index contributed by atoms with van der Waals surface area (Å²) in [5.41, 5.74) is 5.40. The molecule has 1 amide bonds. The molecule has 3 rings (SSSR count). The quantitative estimate of drug-likeness (QED) is 0.578. The number of thiophene rings is 1. The molecule has 0 fully saturated rings. The van der Waals surface area contributed by atoms with Gasteiger partial charge in [-0.25, -0.2) is 0 Å². The average Bonchev–Trinajstić information content (AvgIpc) is 3.25. The Morgan fingerprint density at radius 2 is 2.04 bits per heavy atom. The molecule has 3 aromatic rings. The van der Waals surface area contributed by atoms with Crippen LogP contribution in [0.1, 0.15) is 44.7 Å². The van der Waals surface area contributed by atoms with Gasteiger partial charge in [-0.05, 0) is 56.8 Å². The van der Waals surface area contributed by atoms with Gasteiger partial charge in [0.1, 0.15) is 12.4 Å². The Labute approximate surface area is 170 Å². The molecule has 1 aromatic carbocycles. The van der Waals surface area contributed by atoms with Crippen molar-refractivity contribution in [3.05, 3.63) is 68.7 Å². The molecule has 0 aliphatic rings. The van der Waals surface area contributed by atoms with Crippen molar-refractivity contribution in [3.8, 4) is 5.75 Å². The van der Waals surface area contributed by atoms with Gasteiger partial charge < -0.3 is 9.64 Å². The summed E-state index contributed by atoms with van der Waals surface area (Å²) in [7, 11) is 1.84. The fourth-order valence-electron chi connectivity index (χ4n) is 3.20. The molecule has 0 bridgehead atoms.